The van der Waals surface area contributed by atoms with Crippen LogP contribution in [0.25, 0.3) is 22.2 Å². The van der Waals surface area contributed by atoms with Crippen molar-refractivity contribution in [3.8, 4) is 23.0 Å². The average Bonchev–Trinajstić information content (AvgIpc) is 3.53. The highest BCUT2D eigenvalue weighted by Crippen LogP contribution is 2.36. The standard InChI is InChI=1S/C25H21N3O4/c29-25(19-8-7-16-4-1-2-5-17(16)12-19)28-11-3-6-20(14-28)24-27-26-23(32-24)18-9-10-21-22(13-18)31-15-30-21/h1-2,4-5,7-10,12-13,20H,3,6,11,14-15H2. The van der Waals surface area contributed by atoms with Gasteiger partial charge in [-0.3, -0.25) is 4.79 Å². The third-order valence-electron chi connectivity index (χ3n) is 6.11. The molecule has 0 saturated carbocycles. The molecular weight excluding hydrogens is 406 g/mol. The van der Waals surface area contributed by atoms with Crippen LogP contribution in [-0.2, 0) is 0 Å². The van der Waals surface area contributed by atoms with E-state index in [0.717, 1.165) is 35.7 Å². The number of hydrogen-bond donors (Lipinski definition) is 0. The van der Waals surface area contributed by atoms with Gasteiger partial charge in [-0.2, -0.15) is 0 Å². The average molecular weight is 427 g/mol. The number of nitrogens with zero attached hydrogens (tertiary/aromatic N) is 3. The van der Waals surface area contributed by atoms with Crippen LogP contribution in [0.2, 0.25) is 0 Å². The number of likely N-dealkylation sites (tertiary alicyclic amines) is 1. The van der Waals surface area contributed by atoms with Gasteiger partial charge in [0, 0.05) is 24.2 Å². The van der Waals surface area contributed by atoms with Gasteiger partial charge in [0.2, 0.25) is 18.6 Å². The molecule has 1 unspecified atom stereocenters. The maximum Gasteiger partial charge on any atom is 0.253 e. The van der Waals surface area contributed by atoms with Crippen molar-refractivity contribution in [3.05, 3.63) is 72.1 Å². The fourth-order valence-corrected chi connectivity index (χ4v) is 4.41. The van der Waals surface area contributed by atoms with Crippen LogP contribution in [-0.4, -0.2) is 40.9 Å². The molecule has 6 rings (SSSR count). The Bertz CT molecular complexity index is 1320. The van der Waals surface area contributed by atoms with Crippen LogP contribution in [0.1, 0.15) is 35.0 Å². The van der Waals surface area contributed by atoms with Crippen LogP contribution in [0.5, 0.6) is 11.5 Å². The van der Waals surface area contributed by atoms with Gasteiger partial charge in [-0.25, -0.2) is 0 Å². The van der Waals surface area contributed by atoms with E-state index in [2.05, 4.69) is 10.2 Å². The summed E-state index contributed by atoms with van der Waals surface area (Å²) in [5, 5.41) is 10.7. The Kier molecular flexibility index (Phi) is 4.52. The maximum absolute atomic E-state index is 13.2. The first-order valence-electron chi connectivity index (χ1n) is 10.8. The molecule has 2 aliphatic heterocycles. The molecule has 0 aliphatic carbocycles. The SMILES string of the molecule is O=C(c1ccc2ccccc2c1)N1CCCC(c2nnc(-c3ccc4c(c3)OCO4)o2)C1. The molecule has 1 amide bonds. The van der Waals surface area contributed by atoms with E-state index in [9.17, 15) is 4.79 Å². The highest BCUT2D eigenvalue weighted by atomic mass is 16.7. The fourth-order valence-electron chi connectivity index (χ4n) is 4.41. The fraction of sp³-hybridized carbons (Fsp3) is 0.240. The van der Waals surface area contributed by atoms with Gasteiger partial charge in [0.05, 0.1) is 5.92 Å². The predicted molar refractivity (Wildman–Crippen MR) is 118 cm³/mol. The van der Waals surface area contributed by atoms with Crippen LogP contribution in [0.15, 0.2) is 65.1 Å². The molecule has 1 atom stereocenters. The summed E-state index contributed by atoms with van der Waals surface area (Å²) in [6.45, 7) is 1.51. The van der Waals surface area contributed by atoms with E-state index in [1.165, 1.54) is 0 Å². The van der Waals surface area contributed by atoms with E-state index in [4.69, 9.17) is 13.9 Å². The molecule has 1 saturated heterocycles. The summed E-state index contributed by atoms with van der Waals surface area (Å²) in [7, 11) is 0. The number of fused-ring (bicyclic) bond motifs is 2. The first kappa shape index (κ1) is 18.9. The highest BCUT2D eigenvalue weighted by molar-refractivity contribution is 5.98. The van der Waals surface area contributed by atoms with E-state index >= 15 is 0 Å². The Morgan fingerprint density at radius 3 is 2.75 bits per heavy atom. The van der Waals surface area contributed by atoms with E-state index in [1.54, 1.807) is 0 Å². The zero-order chi connectivity index (χ0) is 21.5. The van der Waals surface area contributed by atoms with Crippen molar-refractivity contribution < 1.29 is 18.7 Å². The zero-order valence-electron chi connectivity index (χ0n) is 17.4. The number of carbonyl (C=O) groups is 1. The molecule has 4 aromatic rings. The highest BCUT2D eigenvalue weighted by Gasteiger charge is 2.29. The van der Waals surface area contributed by atoms with Gasteiger partial charge < -0.3 is 18.8 Å². The van der Waals surface area contributed by atoms with E-state index in [0.29, 0.717) is 35.4 Å². The third-order valence-corrected chi connectivity index (χ3v) is 6.11. The molecular formula is C25H21N3O4. The third kappa shape index (κ3) is 3.36. The number of piperidine rings is 1. The Morgan fingerprint density at radius 2 is 1.81 bits per heavy atom. The van der Waals surface area contributed by atoms with Crippen LogP contribution in [0.3, 0.4) is 0 Å². The lowest BCUT2D eigenvalue weighted by atomic mass is 9.97. The number of ether oxygens (including phenoxy) is 2. The van der Waals surface area contributed by atoms with Gasteiger partial charge in [0.1, 0.15) is 0 Å². The van der Waals surface area contributed by atoms with Crippen LogP contribution >= 0.6 is 0 Å². The van der Waals surface area contributed by atoms with Crippen molar-refractivity contribution in [1.29, 1.82) is 0 Å². The predicted octanol–water partition coefficient (Wildman–Crippen LogP) is 4.64. The number of hydrogen-bond acceptors (Lipinski definition) is 6. The number of aromatic nitrogens is 2. The van der Waals surface area contributed by atoms with Crippen LogP contribution in [0.4, 0.5) is 0 Å². The maximum atomic E-state index is 13.2. The Hall–Kier alpha value is -3.87. The van der Waals surface area contributed by atoms with Crippen molar-refractivity contribution in [3.63, 3.8) is 0 Å². The summed E-state index contributed by atoms with van der Waals surface area (Å²) in [6.07, 6.45) is 1.80. The van der Waals surface area contributed by atoms with Gasteiger partial charge in [-0.05, 0) is 53.9 Å². The second-order valence-corrected chi connectivity index (χ2v) is 8.17. The van der Waals surface area contributed by atoms with Gasteiger partial charge >= 0.3 is 0 Å². The number of rotatable bonds is 3. The normalized spacial score (nSPS) is 17.6. The van der Waals surface area contributed by atoms with Crippen LogP contribution < -0.4 is 9.47 Å². The second kappa shape index (κ2) is 7.67. The Labute approximate surface area is 184 Å². The molecule has 1 fully saturated rings. The lowest BCUT2D eigenvalue weighted by Crippen LogP contribution is -2.39. The summed E-state index contributed by atoms with van der Waals surface area (Å²) in [6, 6.07) is 19.5. The monoisotopic (exact) mass is 427 g/mol. The summed E-state index contributed by atoms with van der Waals surface area (Å²) in [4.78, 5) is 15.1. The zero-order valence-corrected chi connectivity index (χ0v) is 17.4. The summed E-state index contributed by atoms with van der Waals surface area (Å²) < 4.78 is 16.8. The minimum Gasteiger partial charge on any atom is -0.454 e. The molecule has 0 N–H and O–H groups in total. The number of amides is 1. The second-order valence-electron chi connectivity index (χ2n) is 8.17. The number of benzene rings is 3. The topological polar surface area (TPSA) is 77.7 Å². The molecule has 32 heavy (non-hydrogen) atoms. The largest absolute Gasteiger partial charge is 0.454 e. The summed E-state index contributed by atoms with van der Waals surface area (Å²) in [5.74, 6) is 2.44. The van der Waals surface area contributed by atoms with Crippen LogP contribution in [0, 0.1) is 0 Å². The lowest BCUT2D eigenvalue weighted by molar-refractivity contribution is 0.0698. The van der Waals surface area contributed by atoms with Gasteiger partial charge in [-0.15, -0.1) is 10.2 Å². The van der Waals surface area contributed by atoms with Gasteiger partial charge in [0.15, 0.2) is 11.5 Å². The Balaban J connectivity index is 1.21. The van der Waals surface area contributed by atoms with E-state index in [1.807, 2.05) is 65.6 Å². The quantitative estimate of drug-likeness (QED) is 0.474. The molecule has 0 bridgehead atoms. The first-order chi connectivity index (χ1) is 15.7. The van der Waals surface area contributed by atoms with E-state index < -0.39 is 0 Å². The molecule has 0 spiro atoms. The first-order valence-corrected chi connectivity index (χ1v) is 10.8. The van der Waals surface area contributed by atoms with Gasteiger partial charge in [-0.1, -0.05) is 30.3 Å². The molecule has 3 aromatic carbocycles. The van der Waals surface area contributed by atoms with Crippen molar-refractivity contribution in [1.82, 2.24) is 15.1 Å². The van der Waals surface area contributed by atoms with Crippen molar-refractivity contribution >= 4 is 16.7 Å². The minimum absolute atomic E-state index is 0.0171. The molecule has 0 radical (unpaired) electrons. The molecule has 7 nitrogen and oxygen atoms in total. The van der Waals surface area contributed by atoms with E-state index in [-0.39, 0.29) is 18.6 Å². The molecule has 160 valence electrons. The number of carbonyl (C=O) groups excluding carboxylic acids is 1. The minimum atomic E-state index is 0.0171. The Morgan fingerprint density at radius 1 is 0.938 bits per heavy atom. The smallest absolute Gasteiger partial charge is 0.253 e. The van der Waals surface area contributed by atoms with Crippen molar-refractivity contribution in [2.24, 2.45) is 0 Å². The van der Waals surface area contributed by atoms with Crippen molar-refractivity contribution in [2.75, 3.05) is 19.9 Å². The molecule has 7 heteroatoms. The molecule has 1 aromatic heterocycles. The van der Waals surface area contributed by atoms with Crippen molar-refractivity contribution in [2.45, 2.75) is 18.8 Å². The summed E-state index contributed by atoms with van der Waals surface area (Å²) >= 11 is 0. The molecule has 2 aliphatic rings. The summed E-state index contributed by atoms with van der Waals surface area (Å²) in [5.41, 5.74) is 1.49. The van der Waals surface area contributed by atoms with Gasteiger partial charge in [0.25, 0.3) is 5.91 Å². The molecule has 3 heterocycles. The lowest BCUT2D eigenvalue weighted by Gasteiger charge is -2.31.